The van der Waals surface area contributed by atoms with E-state index in [0.717, 1.165) is 40.2 Å². The normalized spacial score (nSPS) is 14.9. The first-order valence-corrected chi connectivity index (χ1v) is 13.2. The Bertz CT molecular complexity index is 1850. The fraction of sp³-hybridized carbons (Fsp3) is 0.0571. The van der Waals surface area contributed by atoms with Gasteiger partial charge in [-0.3, -0.25) is 0 Å². The van der Waals surface area contributed by atoms with Gasteiger partial charge in [0.15, 0.2) is 17.5 Å². The Morgan fingerprint density at radius 3 is 1.97 bits per heavy atom. The predicted molar refractivity (Wildman–Crippen MR) is 156 cm³/mol. The molecule has 8 rings (SSSR count). The van der Waals surface area contributed by atoms with E-state index in [1.165, 1.54) is 21.9 Å². The van der Waals surface area contributed by atoms with Crippen LogP contribution in [0.25, 0.3) is 51.0 Å². The second-order valence-corrected chi connectivity index (χ2v) is 9.97. The molecule has 0 saturated carbocycles. The van der Waals surface area contributed by atoms with Crippen LogP contribution in [-0.4, -0.2) is 15.0 Å². The number of ether oxygens (including phenoxy) is 1. The Morgan fingerprint density at radius 2 is 1.26 bits per heavy atom. The molecule has 184 valence electrons. The molecule has 1 aromatic heterocycles. The molecule has 6 aromatic rings. The van der Waals surface area contributed by atoms with Crippen molar-refractivity contribution in [3.63, 3.8) is 0 Å². The summed E-state index contributed by atoms with van der Waals surface area (Å²) < 4.78 is 6.61. The Morgan fingerprint density at radius 1 is 0.590 bits per heavy atom. The van der Waals surface area contributed by atoms with Crippen LogP contribution in [0.4, 0.5) is 0 Å². The van der Waals surface area contributed by atoms with Gasteiger partial charge in [-0.25, -0.2) is 15.0 Å². The summed E-state index contributed by atoms with van der Waals surface area (Å²) in [6.45, 7) is 0. The molecular formula is C35H23N3O. The molecule has 2 aliphatic rings. The molecule has 5 aromatic carbocycles. The molecule has 1 atom stereocenters. The minimum atomic E-state index is 0.191. The van der Waals surface area contributed by atoms with Crippen LogP contribution in [0.3, 0.4) is 0 Å². The number of hydrogen-bond donors (Lipinski definition) is 0. The van der Waals surface area contributed by atoms with Crippen molar-refractivity contribution in [3.8, 4) is 45.7 Å². The third-order valence-electron chi connectivity index (χ3n) is 7.69. The second kappa shape index (κ2) is 8.74. The monoisotopic (exact) mass is 501 g/mol. The van der Waals surface area contributed by atoms with Crippen LogP contribution in [0.15, 0.2) is 115 Å². The molecule has 1 aliphatic heterocycles. The molecule has 39 heavy (non-hydrogen) atoms. The van der Waals surface area contributed by atoms with Crippen molar-refractivity contribution in [1.29, 1.82) is 0 Å². The molecule has 0 amide bonds. The average Bonchev–Trinajstić information content (AvgIpc) is 3.15. The highest BCUT2D eigenvalue weighted by atomic mass is 16.5. The van der Waals surface area contributed by atoms with E-state index in [1.807, 2.05) is 60.7 Å². The summed E-state index contributed by atoms with van der Waals surface area (Å²) in [7, 11) is 0. The van der Waals surface area contributed by atoms with Crippen molar-refractivity contribution in [2.75, 3.05) is 0 Å². The van der Waals surface area contributed by atoms with Gasteiger partial charge in [-0.05, 0) is 41.1 Å². The molecule has 4 nitrogen and oxygen atoms in total. The van der Waals surface area contributed by atoms with Crippen LogP contribution < -0.4 is 4.74 Å². The van der Waals surface area contributed by atoms with Crippen LogP contribution in [0.1, 0.15) is 29.0 Å². The Kier molecular flexibility index (Phi) is 4.92. The first-order valence-electron chi connectivity index (χ1n) is 13.2. The smallest absolute Gasteiger partial charge is 0.164 e. The second-order valence-electron chi connectivity index (χ2n) is 9.97. The molecule has 1 aliphatic carbocycles. The zero-order chi connectivity index (χ0) is 25.8. The summed E-state index contributed by atoms with van der Waals surface area (Å²) in [5.41, 5.74) is 6.50. The SMILES string of the molecule is C1=Cc2c(-c3nc(-c4ccccc4)nc(-c4ccccc4)n3)ccc3c2C(C1)c1cccc2cccc(c12)O3. The Hall–Kier alpha value is -5.09. The summed E-state index contributed by atoms with van der Waals surface area (Å²) in [5, 5.41) is 2.40. The fourth-order valence-electron chi connectivity index (χ4n) is 5.92. The number of fused-ring (bicyclic) bond motifs is 1. The predicted octanol–water partition coefficient (Wildman–Crippen LogP) is 8.68. The molecule has 0 spiro atoms. The van der Waals surface area contributed by atoms with Gasteiger partial charge in [0, 0.05) is 33.6 Å². The van der Waals surface area contributed by atoms with Gasteiger partial charge >= 0.3 is 0 Å². The Labute approximate surface area is 226 Å². The zero-order valence-electron chi connectivity index (χ0n) is 21.1. The third-order valence-corrected chi connectivity index (χ3v) is 7.69. The van der Waals surface area contributed by atoms with Crippen molar-refractivity contribution in [2.45, 2.75) is 12.3 Å². The summed E-state index contributed by atoms with van der Waals surface area (Å²) in [5.74, 6) is 3.97. The maximum absolute atomic E-state index is 6.61. The number of aromatic nitrogens is 3. The van der Waals surface area contributed by atoms with Gasteiger partial charge in [-0.1, -0.05) is 103 Å². The summed E-state index contributed by atoms with van der Waals surface area (Å²) >= 11 is 0. The lowest BCUT2D eigenvalue weighted by Crippen LogP contribution is -2.09. The van der Waals surface area contributed by atoms with Crippen molar-refractivity contribution in [1.82, 2.24) is 15.0 Å². The van der Waals surface area contributed by atoms with Crippen LogP contribution in [0.5, 0.6) is 11.5 Å². The topological polar surface area (TPSA) is 47.9 Å². The van der Waals surface area contributed by atoms with Crippen LogP contribution in [0, 0.1) is 0 Å². The average molecular weight is 502 g/mol. The van der Waals surface area contributed by atoms with Crippen molar-refractivity contribution in [3.05, 3.63) is 132 Å². The van der Waals surface area contributed by atoms with E-state index >= 15 is 0 Å². The molecular weight excluding hydrogens is 478 g/mol. The van der Waals surface area contributed by atoms with Gasteiger partial charge in [0.25, 0.3) is 0 Å². The van der Waals surface area contributed by atoms with Gasteiger partial charge in [-0.2, -0.15) is 0 Å². The number of nitrogens with zero attached hydrogens (tertiary/aromatic N) is 3. The largest absolute Gasteiger partial charge is 0.456 e. The minimum absolute atomic E-state index is 0.191. The highest BCUT2D eigenvalue weighted by molar-refractivity contribution is 5.94. The molecule has 0 bridgehead atoms. The van der Waals surface area contributed by atoms with Crippen molar-refractivity contribution < 1.29 is 4.74 Å². The van der Waals surface area contributed by atoms with E-state index in [1.54, 1.807) is 0 Å². The van der Waals surface area contributed by atoms with E-state index in [2.05, 4.69) is 60.7 Å². The van der Waals surface area contributed by atoms with Gasteiger partial charge in [-0.15, -0.1) is 0 Å². The van der Waals surface area contributed by atoms with E-state index in [4.69, 9.17) is 19.7 Å². The number of rotatable bonds is 3. The zero-order valence-corrected chi connectivity index (χ0v) is 21.1. The lowest BCUT2D eigenvalue weighted by atomic mass is 9.79. The van der Waals surface area contributed by atoms with Gasteiger partial charge in [0.1, 0.15) is 11.5 Å². The molecule has 0 radical (unpaired) electrons. The van der Waals surface area contributed by atoms with Crippen LogP contribution in [0.2, 0.25) is 0 Å². The molecule has 0 N–H and O–H groups in total. The number of hydrogen-bond acceptors (Lipinski definition) is 4. The molecule has 1 unspecified atom stereocenters. The number of benzene rings is 5. The van der Waals surface area contributed by atoms with Gasteiger partial charge in [0.05, 0.1) is 0 Å². The molecule has 0 fully saturated rings. The van der Waals surface area contributed by atoms with Gasteiger partial charge < -0.3 is 4.74 Å². The van der Waals surface area contributed by atoms with Crippen LogP contribution in [-0.2, 0) is 0 Å². The van der Waals surface area contributed by atoms with E-state index in [-0.39, 0.29) is 5.92 Å². The molecule has 0 saturated heterocycles. The maximum atomic E-state index is 6.61. The quantitative estimate of drug-likeness (QED) is 0.243. The lowest BCUT2D eigenvalue weighted by Gasteiger charge is -2.25. The fourth-order valence-corrected chi connectivity index (χ4v) is 5.92. The van der Waals surface area contributed by atoms with E-state index in [0.29, 0.717) is 17.5 Å². The third kappa shape index (κ3) is 3.57. The van der Waals surface area contributed by atoms with E-state index < -0.39 is 0 Å². The minimum Gasteiger partial charge on any atom is -0.456 e. The molecule has 2 heterocycles. The van der Waals surface area contributed by atoms with Gasteiger partial charge in [0.2, 0.25) is 0 Å². The van der Waals surface area contributed by atoms with Crippen LogP contribution >= 0.6 is 0 Å². The van der Waals surface area contributed by atoms with Crippen molar-refractivity contribution in [2.24, 2.45) is 0 Å². The highest BCUT2D eigenvalue weighted by Gasteiger charge is 2.31. The summed E-state index contributed by atoms with van der Waals surface area (Å²) in [4.78, 5) is 14.9. The van der Waals surface area contributed by atoms with E-state index in [9.17, 15) is 0 Å². The standard InChI is InChI=1S/C35H23N3O/c1-3-10-23(11-4-1)33-36-34(24-12-5-2-6-13-24)38-35(37-33)28-20-21-30-32-26(17-9-18-27(28)32)25-16-7-14-22-15-8-19-29(39-30)31(22)25/h1-16,18-21,26H,17H2. The summed E-state index contributed by atoms with van der Waals surface area (Å²) in [6, 6.07) is 37.2. The lowest BCUT2D eigenvalue weighted by molar-refractivity contribution is 0.482. The Balaban J connectivity index is 1.37. The first kappa shape index (κ1) is 21.9. The molecule has 4 heteroatoms. The highest BCUT2D eigenvalue weighted by Crippen LogP contribution is 2.51. The van der Waals surface area contributed by atoms with Crippen molar-refractivity contribution >= 4 is 16.8 Å². The maximum Gasteiger partial charge on any atom is 0.164 e. The summed E-state index contributed by atoms with van der Waals surface area (Å²) in [6.07, 6.45) is 5.39. The number of allylic oxidation sites excluding steroid dienone is 1. The first-order chi connectivity index (χ1) is 19.3.